The first-order valence-electron chi connectivity index (χ1n) is 10.2. The van der Waals surface area contributed by atoms with Gasteiger partial charge in [0.05, 0.1) is 18.8 Å². The van der Waals surface area contributed by atoms with Crippen LogP contribution in [0.1, 0.15) is 24.8 Å². The molecule has 2 aliphatic rings. The number of aliphatic hydroxyl groups excluding tert-OH is 1. The lowest BCUT2D eigenvalue weighted by Crippen LogP contribution is -2.35. The molecule has 3 N–H and O–H groups in total. The normalized spacial score (nSPS) is 18.7. The van der Waals surface area contributed by atoms with E-state index in [1.54, 1.807) is 6.20 Å². The van der Waals surface area contributed by atoms with Crippen LogP contribution in [-0.2, 0) is 6.61 Å². The van der Waals surface area contributed by atoms with Crippen molar-refractivity contribution in [1.29, 1.82) is 0 Å². The maximum absolute atomic E-state index is 12.4. The number of hydrogen-bond acceptors (Lipinski definition) is 8. The van der Waals surface area contributed by atoms with Crippen molar-refractivity contribution in [3.8, 4) is 0 Å². The smallest absolute Gasteiger partial charge is 0.277 e. The van der Waals surface area contributed by atoms with Crippen LogP contribution in [0.25, 0.3) is 10.9 Å². The highest BCUT2D eigenvalue weighted by atomic mass is 16.3. The molecule has 154 valence electrons. The van der Waals surface area contributed by atoms with Crippen LogP contribution < -0.4 is 15.8 Å². The molecular weight excluding hydrogens is 382 g/mol. The fourth-order valence-electron chi connectivity index (χ4n) is 3.95. The molecule has 1 aromatic carbocycles. The summed E-state index contributed by atoms with van der Waals surface area (Å²) in [5, 5.41) is 19.2. The van der Waals surface area contributed by atoms with Crippen molar-refractivity contribution in [1.82, 2.24) is 20.2 Å². The minimum Gasteiger partial charge on any atom is -0.392 e. The molecule has 2 aromatic heterocycles. The van der Waals surface area contributed by atoms with Gasteiger partial charge in [0.2, 0.25) is 5.95 Å². The van der Waals surface area contributed by atoms with Crippen LogP contribution in [0, 0.1) is 5.92 Å². The Labute approximate surface area is 172 Å². The molecule has 0 amide bonds. The number of anilines is 3. The van der Waals surface area contributed by atoms with E-state index in [9.17, 15) is 9.90 Å². The monoisotopic (exact) mass is 405 g/mol. The van der Waals surface area contributed by atoms with Gasteiger partial charge in [0.1, 0.15) is 16.7 Å². The lowest BCUT2D eigenvalue weighted by molar-refractivity contribution is 0.282. The Morgan fingerprint density at radius 3 is 2.63 bits per heavy atom. The third-order valence-corrected chi connectivity index (χ3v) is 5.74. The average Bonchev–Trinajstić information content (AvgIpc) is 3.59. The van der Waals surface area contributed by atoms with Gasteiger partial charge in [0, 0.05) is 25.0 Å². The highest BCUT2D eigenvalue weighted by Gasteiger charge is 2.26. The van der Waals surface area contributed by atoms with Gasteiger partial charge in [-0.05, 0) is 42.9 Å². The maximum atomic E-state index is 12.4. The fourth-order valence-corrected chi connectivity index (χ4v) is 3.95. The molecule has 0 saturated carbocycles. The molecular formula is C21H23N7O2. The van der Waals surface area contributed by atoms with Gasteiger partial charge >= 0.3 is 0 Å². The summed E-state index contributed by atoms with van der Waals surface area (Å²) in [5.74, 6) is 1.73. The van der Waals surface area contributed by atoms with Crippen molar-refractivity contribution >= 4 is 34.6 Å². The number of fused-ring (bicyclic) bond motifs is 1. The topological polar surface area (TPSA) is 119 Å². The molecule has 0 aliphatic carbocycles. The summed E-state index contributed by atoms with van der Waals surface area (Å²) in [7, 11) is 0. The van der Waals surface area contributed by atoms with Crippen molar-refractivity contribution in [2.75, 3.05) is 23.3 Å². The van der Waals surface area contributed by atoms with Crippen molar-refractivity contribution in [3.63, 3.8) is 0 Å². The predicted octanol–water partition coefficient (Wildman–Crippen LogP) is 2.01. The minimum atomic E-state index is -0.336. The van der Waals surface area contributed by atoms with E-state index in [-0.39, 0.29) is 12.2 Å². The second kappa shape index (κ2) is 7.83. The van der Waals surface area contributed by atoms with Crippen LogP contribution in [0.15, 0.2) is 40.2 Å². The van der Waals surface area contributed by atoms with Crippen LogP contribution in [0.3, 0.4) is 0 Å². The lowest BCUT2D eigenvalue weighted by Gasteiger charge is -2.32. The predicted molar refractivity (Wildman–Crippen MR) is 115 cm³/mol. The van der Waals surface area contributed by atoms with Gasteiger partial charge in [-0.25, -0.2) is 10.1 Å². The largest absolute Gasteiger partial charge is 0.392 e. The number of aromatic amines is 1. The molecule has 0 spiro atoms. The fraction of sp³-hybridized carbons (Fsp3) is 0.381. The zero-order valence-corrected chi connectivity index (χ0v) is 16.5. The van der Waals surface area contributed by atoms with Crippen LogP contribution in [0.5, 0.6) is 0 Å². The summed E-state index contributed by atoms with van der Waals surface area (Å²) in [5.41, 5.74) is 1.76. The molecule has 1 fully saturated rings. The molecule has 0 bridgehead atoms. The second-order valence-electron chi connectivity index (χ2n) is 7.84. The van der Waals surface area contributed by atoms with E-state index >= 15 is 0 Å². The molecule has 0 radical (unpaired) electrons. The number of piperidine rings is 1. The molecule has 30 heavy (non-hydrogen) atoms. The minimum absolute atomic E-state index is 0.0188. The summed E-state index contributed by atoms with van der Waals surface area (Å²) in [4.78, 5) is 28.2. The molecule has 4 heterocycles. The Kier molecular flexibility index (Phi) is 4.88. The number of aliphatic imine (C=N–C) groups is 1. The van der Waals surface area contributed by atoms with Crippen molar-refractivity contribution in [2.24, 2.45) is 10.9 Å². The molecule has 9 heteroatoms. The van der Waals surface area contributed by atoms with E-state index in [1.165, 1.54) is 0 Å². The first kappa shape index (κ1) is 18.7. The number of benzene rings is 1. The quantitative estimate of drug-likeness (QED) is 0.574. The summed E-state index contributed by atoms with van der Waals surface area (Å²) >= 11 is 0. The first-order chi connectivity index (χ1) is 14.7. The average molecular weight is 405 g/mol. The van der Waals surface area contributed by atoms with E-state index in [4.69, 9.17) is 4.98 Å². The van der Waals surface area contributed by atoms with Crippen LogP contribution >= 0.6 is 0 Å². The SMILES string of the molecule is O=c1[nH]ncc2nc(N3CCC(CC4C=N4)CC3)nc(Nc3ccc(CO)cc3)c12. The van der Waals surface area contributed by atoms with E-state index in [0.29, 0.717) is 34.6 Å². The van der Waals surface area contributed by atoms with Crippen LogP contribution in [0.4, 0.5) is 17.5 Å². The molecule has 1 unspecified atom stereocenters. The Balaban J connectivity index is 1.43. The molecule has 1 saturated heterocycles. The summed E-state index contributed by atoms with van der Waals surface area (Å²) < 4.78 is 0. The number of hydrogen-bond donors (Lipinski definition) is 3. The highest BCUT2D eigenvalue weighted by Crippen LogP contribution is 2.29. The van der Waals surface area contributed by atoms with E-state index in [0.717, 1.165) is 43.6 Å². The van der Waals surface area contributed by atoms with Crippen molar-refractivity contribution in [3.05, 3.63) is 46.4 Å². The van der Waals surface area contributed by atoms with E-state index < -0.39 is 0 Å². The number of aromatic nitrogens is 4. The Bertz CT molecular complexity index is 1130. The first-order valence-corrected chi connectivity index (χ1v) is 10.2. The van der Waals surface area contributed by atoms with Gasteiger partial charge < -0.3 is 15.3 Å². The number of nitrogens with zero attached hydrogens (tertiary/aromatic N) is 5. The van der Waals surface area contributed by atoms with E-state index in [1.807, 2.05) is 30.5 Å². The summed E-state index contributed by atoms with van der Waals surface area (Å²) in [6, 6.07) is 7.81. The standard InChI is InChI=1S/C21H23N7O2/c29-12-14-1-3-15(4-2-14)24-19-18-17(11-23-27-20(18)30)25-21(26-19)28-7-5-13(6-8-28)9-16-10-22-16/h1-4,10-11,13,16,29H,5-9,12H2,(H,27,30)(H,24,25,26). The third-order valence-electron chi connectivity index (χ3n) is 5.74. The highest BCUT2D eigenvalue weighted by molar-refractivity contribution is 5.90. The molecule has 2 aliphatic heterocycles. The van der Waals surface area contributed by atoms with Crippen molar-refractivity contribution in [2.45, 2.75) is 31.9 Å². The van der Waals surface area contributed by atoms with Gasteiger partial charge in [-0.3, -0.25) is 9.79 Å². The second-order valence-corrected chi connectivity index (χ2v) is 7.84. The summed E-state index contributed by atoms with van der Waals surface area (Å²) in [6.45, 7) is 1.74. The lowest BCUT2D eigenvalue weighted by atomic mass is 9.92. The Hall–Kier alpha value is -3.33. The number of aliphatic hydroxyl groups is 1. The van der Waals surface area contributed by atoms with Gasteiger partial charge in [-0.1, -0.05) is 12.1 Å². The maximum Gasteiger partial charge on any atom is 0.277 e. The third kappa shape index (κ3) is 3.88. The van der Waals surface area contributed by atoms with Crippen LogP contribution in [-0.4, -0.2) is 50.6 Å². The number of H-pyrrole nitrogens is 1. The van der Waals surface area contributed by atoms with Gasteiger partial charge in [0.15, 0.2) is 0 Å². The van der Waals surface area contributed by atoms with Crippen LogP contribution in [0.2, 0.25) is 0 Å². The number of nitrogens with one attached hydrogen (secondary N) is 2. The van der Waals surface area contributed by atoms with Crippen molar-refractivity contribution < 1.29 is 5.11 Å². The zero-order chi connectivity index (χ0) is 20.5. The number of rotatable bonds is 6. The Morgan fingerprint density at radius 1 is 1.17 bits per heavy atom. The molecule has 5 rings (SSSR count). The van der Waals surface area contributed by atoms with Gasteiger partial charge in [-0.2, -0.15) is 10.1 Å². The molecule has 1 atom stereocenters. The summed E-state index contributed by atoms with van der Waals surface area (Å²) in [6.07, 6.45) is 6.89. The van der Waals surface area contributed by atoms with E-state index in [2.05, 4.69) is 30.4 Å². The zero-order valence-electron chi connectivity index (χ0n) is 16.5. The molecule has 9 nitrogen and oxygen atoms in total. The van der Waals surface area contributed by atoms with Gasteiger partial charge in [-0.15, -0.1) is 0 Å². The molecule has 3 aromatic rings. The Morgan fingerprint density at radius 2 is 1.93 bits per heavy atom. The van der Waals surface area contributed by atoms with Gasteiger partial charge in [0.25, 0.3) is 5.56 Å².